The highest BCUT2D eigenvalue weighted by Crippen LogP contribution is 2.16. The van der Waals surface area contributed by atoms with E-state index in [4.69, 9.17) is 51.1 Å². The summed E-state index contributed by atoms with van der Waals surface area (Å²) in [5, 5.41) is 84.8. The van der Waals surface area contributed by atoms with Crippen LogP contribution >= 0.6 is 0 Å². The van der Waals surface area contributed by atoms with Gasteiger partial charge in [0.15, 0.2) is 11.2 Å². The molecule has 0 aliphatic carbocycles. The third-order valence-electron chi connectivity index (χ3n) is 3.74. The summed E-state index contributed by atoms with van der Waals surface area (Å²) in [5.74, 6) is -10.0. The molecule has 1 unspecified atom stereocenters. The molecule has 0 spiro atoms. The Morgan fingerprint density at radius 2 is 0.912 bits per heavy atom. The van der Waals surface area contributed by atoms with Gasteiger partial charge < -0.3 is 51.1 Å². The summed E-state index contributed by atoms with van der Waals surface area (Å²) in [7, 11) is 0. The zero-order valence-electron chi connectivity index (χ0n) is 18.2. The molecule has 0 bridgehead atoms. The van der Waals surface area contributed by atoms with Gasteiger partial charge in [0.1, 0.15) is 0 Å². The predicted octanol–water partition coefficient (Wildman–Crippen LogP) is -1.97. The summed E-state index contributed by atoms with van der Waals surface area (Å²) < 4.78 is 0. The number of carboxylic acids is 6. The molecular weight excluding hydrogens is 472 g/mol. The lowest BCUT2D eigenvalue weighted by atomic mass is 9.96. The first kappa shape index (κ1) is 35.3. The molecule has 0 aromatic carbocycles. The molecule has 0 aliphatic heterocycles. The topological polar surface area (TPSA) is 305 Å². The fraction of sp³-hybridized carbons (Fsp3) is 0.667. The van der Waals surface area contributed by atoms with Gasteiger partial charge in [-0.05, 0) is 19.3 Å². The number of carbonyl (C=O) groups is 6. The SMILES string of the molecule is CCC(O)CCCO.O=C(O)CC(O)(CC(=O)O)C(=O)O.O=C(O)CC(O)(CC(=O)O)C(=O)O. The van der Waals surface area contributed by atoms with Gasteiger partial charge >= 0.3 is 35.8 Å². The lowest BCUT2D eigenvalue weighted by Gasteiger charge is -2.18. The molecule has 10 N–H and O–H groups in total. The van der Waals surface area contributed by atoms with Gasteiger partial charge in [-0.2, -0.15) is 0 Å². The van der Waals surface area contributed by atoms with Crippen molar-refractivity contribution in [3.63, 3.8) is 0 Å². The molecule has 0 aromatic heterocycles. The van der Waals surface area contributed by atoms with Gasteiger partial charge in [0.25, 0.3) is 0 Å². The lowest BCUT2D eigenvalue weighted by Crippen LogP contribution is -2.42. The second-order valence-electron chi connectivity index (χ2n) is 6.88. The molecule has 0 saturated carbocycles. The Labute approximate surface area is 192 Å². The van der Waals surface area contributed by atoms with E-state index in [9.17, 15) is 28.8 Å². The molecule has 0 rings (SSSR count). The lowest BCUT2D eigenvalue weighted by molar-refractivity contribution is -0.170. The summed E-state index contributed by atoms with van der Waals surface area (Å²) in [6, 6.07) is 0. The molecular formula is C18H30O16. The standard InChI is InChI=1S/2C6H8O7.C6H14O2/c2*7-3(8)1-6(13,5(11)12)2-4(9)10;1-2-6(8)4-3-5-7/h2*13H,1-2H2,(H,7,8)(H,9,10)(H,11,12);6-8H,2-5H2,1H3. The summed E-state index contributed by atoms with van der Waals surface area (Å²) in [5.41, 5.74) is -5.48. The van der Waals surface area contributed by atoms with Crippen LogP contribution < -0.4 is 0 Å². The Morgan fingerprint density at radius 1 is 0.647 bits per heavy atom. The second kappa shape index (κ2) is 17.2. The van der Waals surface area contributed by atoms with Crippen molar-refractivity contribution < 1.29 is 79.8 Å². The molecule has 198 valence electrons. The second-order valence-corrected chi connectivity index (χ2v) is 6.88. The number of hydrogen-bond donors (Lipinski definition) is 10. The van der Waals surface area contributed by atoms with Crippen molar-refractivity contribution >= 4 is 35.8 Å². The summed E-state index contributed by atoms with van der Waals surface area (Å²) >= 11 is 0. The molecule has 0 heterocycles. The van der Waals surface area contributed by atoms with Gasteiger partial charge in [-0.25, -0.2) is 9.59 Å². The van der Waals surface area contributed by atoms with E-state index < -0.39 is 72.7 Å². The minimum absolute atomic E-state index is 0.192. The highest BCUT2D eigenvalue weighted by molar-refractivity contribution is 5.88. The van der Waals surface area contributed by atoms with Crippen molar-refractivity contribution in [3.8, 4) is 0 Å². The van der Waals surface area contributed by atoms with Crippen LogP contribution in [0.15, 0.2) is 0 Å². The number of carboxylic acid groups (broad SMARTS) is 6. The third kappa shape index (κ3) is 18.3. The molecule has 0 aromatic rings. The zero-order chi connectivity index (χ0) is 27.7. The van der Waals surface area contributed by atoms with Crippen molar-refractivity contribution in [1.82, 2.24) is 0 Å². The van der Waals surface area contributed by atoms with Crippen LogP contribution in [0, 0.1) is 0 Å². The monoisotopic (exact) mass is 502 g/mol. The van der Waals surface area contributed by atoms with Gasteiger partial charge in [0.05, 0.1) is 31.8 Å². The van der Waals surface area contributed by atoms with E-state index in [1.54, 1.807) is 0 Å². The highest BCUT2D eigenvalue weighted by atomic mass is 16.4. The highest BCUT2D eigenvalue weighted by Gasteiger charge is 2.41. The van der Waals surface area contributed by atoms with Crippen LogP contribution in [0.5, 0.6) is 0 Å². The quantitative estimate of drug-likeness (QED) is 0.123. The summed E-state index contributed by atoms with van der Waals surface area (Å²) in [6.45, 7) is 2.12. The Balaban J connectivity index is -0.000000438. The molecule has 16 heteroatoms. The third-order valence-corrected chi connectivity index (χ3v) is 3.74. The number of aliphatic carboxylic acids is 6. The summed E-state index contributed by atoms with van der Waals surface area (Å²) in [4.78, 5) is 61.0. The van der Waals surface area contributed by atoms with Crippen LogP contribution in [0.2, 0.25) is 0 Å². The minimum atomic E-state index is -2.74. The minimum Gasteiger partial charge on any atom is -0.481 e. The average molecular weight is 502 g/mol. The van der Waals surface area contributed by atoms with Crippen molar-refractivity contribution in [2.75, 3.05) is 6.61 Å². The van der Waals surface area contributed by atoms with Crippen LogP contribution in [0.1, 0.15) is 51.9 Å². The van der Waals surface area contributed by atoms with Gasteiger partial charge in [-0.15, -0.1) is 0 Å². The first-order chi connectivity index (χ1) is 15.4. The number of rotatable bonds is 14. The maximum absolute atomic E-state index is 10.3. The van der Waals surface area contributed by atoms with E-state index in [2.05, 4.69) is 0 Å². The molecule has 0 fully saturated rings. The molecule has 1 atom stereocenters. The Hall–Kier alpha value is -3.34. The van der Waals surface area contributed by atoms with Crippen molar-refractivity contribution in [1.29, 1.82) is 0 Å². The van der Waals surface area contributed by atoms with E-state index in [0.717, 1.165) is 19.3 Å². The van der Waals surface area contributed by atoms with Crippen LogP contribution in [0.4, 0.5) is 0 Å². The van der Waals surface area contributed by atoms with Gasteiger partial charge in [-0.1, -0.05) is 6.92 Å². The fourth-order valence-corrected chi connectivity index (χ4v) is 1.96. The van der Waals surface area contributed by atoms with E-state index in [-0.39, 0.29) is 12.7 Å². The Morgan fingerprint density at radius 3 is 1.06 bits per heavy atom. The van der Waals surface area contributed by atoms with Crippen molar-refractivity contribution in [3.05, 3.63) is 0 Å². The van der Waals surface area contributed by atoms with Gasteiger partial charge in [-0.3, -0.25) is 19.2 Å². The summed E-state index contributed by atoms with van der Waals surface area (Å²) in [6.07, 6.45) is -2.55. The zero-order valence-corrected chi connectivity index (χ0v) is 18.2. The van der Waals surface area contributed by atoms with E-state index in [1.807, 2.05) is 6.92 Å². The van der Waals surface area contributed by atoms with Crippen LogP contribution in [0.3, 0.4) is 0 Å². The van der Waals surface area contributed by atoms with E-state index in [1.165, 1.54) is 0 Å². The first-order valence-electron chi connectivity index (χ1n) is 9.44. The van der Waals surface area contributed by atoms with Gasteiger partial charge in [0.2, 0.25) is 0 Å². The van der Waals surface area contributed by atoms with Crippen LogP contribution in [0.25, 0.3) is 0 Å². The Kier molecular flexibility index (Phi) is 17.8. The van der Waals surface area contributed by atoms with E-state index in [0.29, 0.717) is 0 Å². The van der Waals surface area contributed by atoms with Crippen LogP contribution in [-0.2, 0) is 28.8 Å². The smallest absolute Gasteiger partial charge is 0.336 e. The molecule has 0 radical (unpaired) electrons. The number of aliphatic hydroxyl groups is 4. The maximum atomic E-state index is 10.3. The maximum Gasteiger partial charge on any atom is 0.336 e. The molecule has 0 amide bonds. The molecule has 0 saturated heterocycles. The van der Waals surface area contributed by atoms with E-state index >= 15 is 0 Å². The van der Waals surface area contributed by atoms with Crippen molar-refractivity contribution in [2.45, 2.75) is 69.2 Å². The molecule has 16 nitrogen and oxygen atoms in total. The molecule has 0 aliphatic rings. The fourth-order valence-electron chi connectivity index (χ4n) is 1.96. The number of aliphatic hydroxyl groups excluding tert-OH is 2. The van der Waals surface area contributed by atoms with Crippen LogP contribution in [-0.4, -0.2) is 111 Å². The largest absolute Gasteiger partial charge is 0.481 e. The average Bonchev–Trinajstić information content (AvgIpc) is 2.64. The van der Waals surface area contributed by atoms with Crippen molar-refractivity contribution in [2.24, 2.45) is 0 Å². The molecule has 34 heavy (non-hydrogen) atoms. The predicted molar refractivity (Wildman–Crippen MR) is 107 cm³/mol. The Bertz CT molecular complexity index is 616. The number of hydrogen-bond acceptors (Lipinski definition) is 10. The first-order valence-corrected chi connectivity index (χ1v) is 9.44. The normalized spacial score (nSPS) is 11.6. The van der Waals surface area contributed by atoms with Gasteiger partial charge in [0, 0.05) is 6.61 Å².